The Labute approximate surface area is 174 Å². The molecule has 3 fully saturated rings. The zero-order valence-corrected chi connectivity index (χ0v) is 18.0. The summed E-state index contributed by atoms with van der Waals surface area (Å²) < 4.78 is 5.85. The second-order valence-corrected chi connectivity index (χ2v) is 10.3. The van der Waals surface area contributed by atoms with Crippen LogP contribution < -0.4 is 5.32 Å². The van der Waals surface area contributed by atoms with Crippen LogP contribution in [0.1, 0.15) is 70.4 Å². The van der Waals surface area contributed by atoms with Crippen molar-refractivity contribution in [1.29, 1.82) is 0 Å². The molecule has 1 amide bonds. The molecule has 1 aromatic rings. The van der Waals surface area contributed by atoms with Gasteiger partial charge in [-0.3, -0.25) is 4.98 Å². The number of hydrogen-bond acceptors (Lipinski definition) is 3. The minimum absolute atomic E-state index is 0.0786. The van der Waals surface area contributed by atoms with Crippen molar-refractivity contribution in [3.63, 3.8) is 0 Å². The van der Waals surface area contributed by atoms with E-state index in [4.69, 9.17) is 4.74 Å². The molecule has 3 aliphatic carbocycles. The van der Waals surface area contributed by atoms with Crippen LogP contribution in [0.3, 0.4) is 0 Å². The Hall–Kier alpha value is -1.84. The van der Waals surface area contributed by atoms with Crippen molar-refractivity contribution in [2.45, 2.75) is 71.8 Å². The molecule has 1 saturated heterocycles. The Kier molecular flexibility index (Phi) is 4.52. The summed E-state index contributed by atoms with van der Waals surface area (Å²) in [5.41, 5.74) is 4.55. The van der Waals surface area contributed by atoms with Crippen LogP contribution in [0, 0.1) is 28.6 Å². The van der Waals surface area contributed by atoms with E-state index >= 15 is 0 Å². The predicted molar refractivity (Wildman–Crippen MR) is 114 cm³/mol. The molecule has 2 heterocycles. The highest BCUT2D eigenvalue weighted by molar-refractivity contribution is 5.73. The number of carbonyl (C=O) groups is 1. The number of ether oxygens (including phenoxy) is 1. The summed E-state index contributed by atoms with van der Waals surface area (Å²) in [6.45, 7) is 7.85. The minimum atomic E-state index is -0.217. The van der Waals surface area contributed by atoms with E-state index in [2.05, 4.69) is 49.4 Å². The molecular weight excluding hydrogens is 360 g/mol. The number of alkyl carbamates (subject to hydrolysis) is 1. The summed E-state index contributed by atoms with van der Waals surface area (Å²) >= 11 is 0. The maximum Gasteiger partial charge on any atom is 0.407 e. The summed E-state index contributed by atoms with van der Waals surface area (Å²) in [6.07, 6.45) is 14.4. The number of allylic oxidation sites excluding steroid dienone is 2. The summed E-state index contributed by atoms with van der Waals surface area (Å²) in [7, 11) is 0. The summed E-state index contributed by atoms with van der Waals surface area (Å²) in [5.74, 6) is 2.08. The molecule has 4 nitrogen and oxygen atoms in total. The van der Waals surface area contributed by atoms with Gasteiger partial charge in [0.1, 0.15) is 6.10 Å². The van der Waals surface area contributed by atoms with E-state index in [0.717, 1.165) is 31.7 Å². The molecule has 0 bridgehead atoms. The lowest BCUT2D eigenvalue weighted by atomic mass is 9.48. The Bertz CT molecular complexity index is 849. The minimum Gasteiger partial charge on any atom is -0.446 e. The maximum absolute atomic E-state index is 12.0. The summed E-state index contributed by atoms with van der Waals surface area (Å²) in [5, 5.41) is 2.94. The zero-order valence-electron chi connectivity index (χ0n) is 18.0. The van der Waals surface area contributed by atoms with Gasteiger partial charge in [-0.15, -0.1) is 0 Å². The van der Waals surface area contributed by atoms with Gasteiger partial charge in [-0.2, -0.15) is 0 Å². The van der Waals surface area contributed by atoms with E-state index in [1.54, 1.807) is 0 Å². The van der Waals surface area contributed by atoms with Gasteiger partial charge in [-0.25, -0.2) is 4.79 Å². The van der Waals surface area contributed by atoms with Gasteiger partial charge >= 0.3 is 6.09 Å². The van der Waals surface area contributed by atoms with Gasteiger partial charge in [-0.1, -0.05) is 26.8 Å². The van der Waals surface area contributed by atoms with Gasteiger partial charge in [0.15, 0.2) is 0 Å². The molecular formula is C25H34N2O2. The van der Waals surface area contributed by atoms with Crippen LogP contribution in [0.25, 0.3) is 5.57 Å². The van der Waals surface area contributed by atoms with Crippen LogP contribution >= 0.6 is 0 Å². The highest BCUT2D eigenvalue weighted by atomic mass is 16.6. The number of carbonyl (C=O) groups excluding carboxylic acids is 1. The van der Waals surface area contributed by atoms with E-state index < -0.39 is 0 Å². The first kappa shape index (κ1) is 19.1. The number of nitrogens with zero attached hydrogens (tertiary/aromatic N) is 1. The number of aromatic nitrogens is 1. The Morgan fingerprint density at radius 3 is 2.86 bits per heavy atom. The largest absolute Gasteiger partial charge is 0.446 e. The first-order valence-corrected chi connectivity index (χ1v) is 11.5. The van der Waals surface area contributed by atoms with E-state index in [0.29, 0.717) is 11.8 Å². The average molecular weight is 395 g/mol. The highest BCUT2D eigenvalue weighted by Gasteiger charge is 2.59. The number of hydrogen-bond donors (Lipinski definition) is 1. The topological polar surface area (TPSA) is 51.2 Å². The quantitative estimate of drug-likeness (QED) is 0.733. The van der Waals surface area contributed by atoms with Crippen molar-refractivity contribution < 1.29 is 9.53 Å². The molecule has 4 heteroatoms. The van der Waals surface area contributed by atoms with Gasteiger partial charge in [0.25, 0.3) is 0 Å². The lowest BCUT2D eigenvalue weighted by Gasteiger charge is -2.57. The van der Waals surface area contributed by atoms with Crippen molar-refractivity contribution in [1.82, 2.24) is 10.3 Å². The van der Waals surface area contributed by atoms with Crippen molar-refractivity contribution >= 4 is 11.7 Å². The monoisotopic (exact) mass is 394 g/mol. The molecule has 5 rings (SSSR count). The molecule has 0 aromatic carbocycles. The molecule has 1 N–H and O–H groups in total. The fourth-order valence-corrected chi connectivity index (χ4v) is 7.41. The smallest absolute Gasteiger partial charge is 0.407 e. The molecule has 1 unspecified atom stereocenters. The molecule has 1 aromatic heterocycles. The van der Waals surface area contributed by atoms with Gasteiger partial charge < -0.3 is 10.1 Å². The van der Waals surface area contributed by atoms with E-state index in [1.165, 1.54) is 42.4 Å². The third-order valence-electron chi connectivity index (χ3n) is 9.06. The van der Waals surface area contributed by atoms with Crippen molar-refractivity contribution in [2.24, 2.45) is 28.6 Å². The first-order valence-electron chi connectivity index (χ1n) is 11.5. The predicted octanol–water partition coefficient (Wildman–Crippen LogP) is 5.38. The number of amides is 1. The second-order valence-electron chi connectivity index (χ2n) is 10.3. The van der Waals surface area contributed by atoms with E-state index in [9.17, 15) is 4.79 Å². The summed E-state index contributed by atoms with van der Waals surface area (Å²) in [4.78, 5) is 16.5. The lowest BCUT2D eigenvalue weighted by Crippen LogP contribution is -2.53. The SMILES string of the molecule is CCc1cncc(C2=CC[C@H]3[C@@H]4CCC5OC(=O)NCC[C@]5(C)[C@H]4CC[C@]23C)c1. The van der Waals surface area contributed by atoms with Crippen molar-refractivity contribution in [3.05, 3.63) is 35.7 Å². The van der Waals surface area contributed by atoms with Gasteiger partial charge in [0, 0.05) is 24.4 Å². The normalized spacial score (nSPS) is 41.2. The average Bonchev–Trinajstić information content (AvgIpc) is 2.99. The first-order chi connectivity index (χ1) is 14.0. The third kappa shape index (κ3) is 2.85. The molecule has 2 saturated carbocycles. The third-order valence-corrected chi connectivity index (χ3v) is 9.06. The molecule has 6 atom stereocenters. The number of pyridine rings is 1. The number of fused-ring (bicyclic) bond motifs is 5. The lowest BCUT2D eigenvalue weighted by molar-refractivity contribution is -0.113. The standard InChI is InChI=1S/C25H34N2O2/c1-4-16-13-17(15-26-14-16)19-6-7-20-18-5-8-22-25(3,11-12-27-23(28)29-22)21(18)9-10-24(19,20)2/h6,13-15,18,20-22H,4-5,7-12H2,1-3H3,(H,27,28)/t18-,20-,21-,22?,24+,25+/m0/s1. The van der Waals surface area contributed by atoms with Crippen LogP contribution in [-0.2, 0) is 11.2 Å². The highest BCUT2D eigenvalue weighted by Crippen LogP contribution is 2.65. The molecule has 0 radical (unpaired) electrons. The van der Waals surface area contributed by atoms with E-state index in [1.807, 2.05) is 6.20 Å². The van der Waals surface area contributed by atoms with Gasteiger partial charge in [-0.05, 0) is 90.9 Å². The molecule has 1 aliphatic heterocycles. The molecule has 4 aliphatic rings. The fourth-order valence-electron chi connectivity index (χ4n) is 7.41. The van der Waals surface area contributed by atoms with E-state index in [-0.39, 0.29) is 23.0 Å². The fraction of sp³-hybridized carbons (Fsp3) is 0.680. The molecule has 29 heavy (non-hydrogen) atoms. The van der Waals surface area contributed by atoms with Crippen LogP contribution in [0.2, 0.25) is 0 Å². The second kappa shape index (κ2) is 6.85. The van der Waals surface area contributed by atoms with Crippen LogP contribution in [-0.4, -0.2) is 23.7 Å². The van der Waals surface area contributed by atoms with Crippen molar-refractivity contribution in [2.75, 3.05) is 6.54 Å². The van der Waals surface area contributed by atoms with Gasteiger partial charge in [0.05, 0.1) is 0 Å². The Morgan fingerprint density at radius 2 is 2.03 bits per heavy atom. The van der Waals surface area contributed by atoms with Gasteiger partial charge in [0.2, 0.25) is 0 Å². The van der Waals surface area contributed by atoms with Crippen molar-refractivity contribution in [3.8, 4) is 0 Å². The number of rotatable bonds is 2. The van der Waals surface area contributed by atoms with Crippen LogP contribution in [0.5, 0.6) is 0 Å². The molecule has 0 spiro atoms. The summed E-state index contributed by atoms with van der Waals surface area (Å²) in [6, 6.07) is 2.35. The van der Waals surface area contributed by atoms with Crippen LogP contribution in [0.15, 0.2) is 24.5 Å². The number of aryl methyl sites for hydroxylation is 1. The maximum atomic E-state index is 12.0. The zero-order chi connectivity index (χ0) is 20.2. The Morgan fingerprint density at radius 1 is 1.17 bits per heavy atom. The molecule has 156 valence electrons. The van der Waals surface area contributed by atoms with Crippen LogP contribution in [0.4, 0.5) is 4.79 Å². The number of nitrogens with one attached hydrogen (secondary N) is 1. The Balaban J connectivity index is 1.44.